The first kappa shape index (κ1) is 34.2. The second-order valence-corrected chi connectivity index (χ2v) is 16.3. The van der Waals surface area contributed by atoms with E-state index < -0.39 is 0 Å². The van der Waals surface area contributed by atoms with Crippen LogP contribution >= 0.6 is 0 Å². The average molecular weight is 739 g/mol. The topological polar surface area (TPSA) is 0 Å². The largest absolute Gasteiger partial charge is 0.0776 e. The third-order valence-corrected chi connectivity index (χ3v) is 13.0. The maximum absolute atomic E-state index is 2.44. The van der Waals surface area contributed by atoms with Crippen LogP contribution in [0, 0.1) is 0 Å². The number of hydrogen-bond acceptors (Lipinski definition) is 0. The highest BCUT2D eigenvalue weighted by atomic mass is 14.4. The predicted molar refractivity (Wildman–Crippen MR) is 252 cm³/mol. The predicted octanol–water partition coefficient (Wildman–Crippen LogP) is 16.5. The first-order valence-corrected chi connectivity index (χ1v) is 20.1. The maximum atomic E-state index is 2.44. The van der Waals surface area contributed by atoms with Crippen molar-refractivity contribution in [3.63, 3.8) is 0 Å². The maximum Gasteiger partial charge on any atom is 0.0171 e. The summed E-state index contributed by atoms with van der Waals surface area (Å²) >= 11 is 0. The van der Waals surface area contributed by atoms with Crippen molar-refractivity contribution in [2.24, 2.45) is 0 Å². The highest BCUT2D eigenvalue weighted by molar-refractivity contribution is 6.28. The minimum atomic E-state index is -0.136. The Kier molecular flexibility index (Phi) is 7.53. The van der Waals surface area contributed by atoms with Gasteiger partial charge in [-0.05, 0) is 126 Å². The average Bonchev–Trinajstić information content (AvgIpc) is 3.51. The minimum absolute atomic E-state index is 0. The third kappa shape index (κ3) is 4.76. The molecule has 0 fully saturated rings. The lowest BCUT2D eigenvalue weighted by atomic mass is 9.77. The smallest absolute Gasteiger partial charge is 0.0171 e. The van der Waals surface area contributed by atoms with E-state index in [1.165, 1.54) is 120 Å². The van der Waals surface area contributed by atoms with Crippen LogP contribution in [0.15, 0.2) is 194 Å². The zero-order chi connectivity index (χ0) is 37.8. The van der Waals surface area contributed by atoms with E-state index in [-0.39, 0.29) is 12.8 Å². The highest BCUT2D eigenvalue weighted by Crippen LogP contribution is 2.54. The summed E-state index contributed by atoms with van der Waals surface area (Å²) in [5, 5.41) is 15.5. The molecule has 0 N–H and O–H groups in total. The molecular formula is C58H42. The van der Waals surface area contributed by atoms with Crippen LogP contribution in [0.5, 0.6) is 0 Å². The molecule has 0 unspecified atom stereocenters. The van der Waals surface area contributed by atoms with E-state index in [2.05, 4.69) is 208 Å². The molecule has 0 heteroatoms. The normalized spacial score (nSPS) is 13.0. The molecule has 0 spiro atoms. The lowest BCUT2D eigenvalue weighted by molar-refractivity contribution is 0.668. The van der Waals surface area contributed by atoms with Gasteiger partial charge in [0, 0.05) is 5.41 Å². The molecule has 0 aliphatic heterocycles. The zero-order valence-corrected chi connectivity index (χ0v) is 32.0. The van der Waals surface area contributed by atoms with Gasteiger partial charge < -0.3 is 0 Å². The monoisotopic (exact) mass is 738 g/mol. The fraction of sp³-hybridized carbons (Fsp3) is 0.0690. The van der Waals surface area contributed by atoms with E-state index in [9.17, 15) is 0 Å². The summed E-state index contributed by atoms with van der Waals surface area (Å²) in [7, 11) is 0. The van der Waals surface area contributed by atoms with Crippen LogP contribution in [-0.4, -0.2) is 0 Å². The first-order chi connectivity index (χ1) is 28.1. The Morgan fingerprint density at radius 3 is 1.43 bits per heavy atom. The molecule has 0 saturated carbocycles. The fourth-order valence-electron chi connectivity index (χ4n) is 10.6. The third-order valence-electron chi connectivity index (χ3n) is 13.0. The molecular weight excluding hydrogens is 697 g/mol. The zero-order valence-electron chi connectivity index (χ0n) is 32.0. The van der Waals surface area contributed by atoms with Crippen LogP contribution in [-0.2, 0) is 5.41 Å². The molecule has 274 valence electrons. The summed E-state index contributed by atoms with van der Waals surface area (Å²) in [6.45, 7) is 4.81. The van der Waals surface area contributed by atoms with Crippen molar-refractivity contribution in [2.45, 2.75) is 26.7 Å². The molecule has 0 atom stereocenters. The molecule has 1 aliphatic carbocycles. The molecule has 58 heavy (non-hydrogen) atoms. The molecule has 0 bridgehead atoms. The number of benzene rings is 11. The quantitative estimate of drug-likeness (QED) is 0.125. The van der Waals surface area contributed by atoms with Crippen LogP contribution < -0.4 is 0 Å². The van der Waals surface area contributed by atoms with Crippen molar-refractivity contribution in [3.8, 4) is 44.5 Å². The molecule has 0 heterocycles. The van der Waals surface area contributed by atoms with E-state index in [0.29, 0.717) is 0 Å². The van der Waals surface area contributed by atoms with Crippen LogP contribution in [0.1, 0.15) is 32.4 Å². The summed E-state index contributed by atoms with van der Waals surface area (Å²) in [4.78, 5) is 0. The second-order valence-electron chi connectivity index (χ2n) is 16.3. The second kappa shape index (κ2) is 12.7. The van der Waals surface area contributed by atoms with Crippen molar-refractivity contribution >= 4 is 64.6 Å². The molecule has 12 rings (SSSR count). The van der Waals surface area contributed by atoms with Gasteiger partial charge in [0.05, 0.1) is 0 Å². The molecule has 0 aromatic heterocycles. The van der Waals surface area contributed by atoms with Gasteiger partial charge in [-0.3, -0.25) is 0 Å². The standard InChI is InChI=1S/C57H38.CH4/c1-57(2)55-42(24-13-25-49(55)50-33-32-36-15-4-6-17-41(36)56(50)57)37-26-29-38(30-27-37)52-45-20-9-11-22-47(45)54(48-23-12-10-21-46(48)52)51-34-39-31-28-35-14-3-5-16-40(35)53(39)44-19-8-7-18-43(44)51;/h3-34H,1-2H3;1H4. The van der Waals surface area contributed by atoms with Crippen LogP contribution in [0.4, 0.5) is 0 Å². The Morgan fingerprint density at radius 2 is 0.759 bits per heavy atom. The van der Waals surface area contributed by atoms with E-state index in [1.54, 1.807) is 0 Å². The number of fused-ring (bicyclic) bond motifs is 12. The van der Waals surface area contributed by atoms with Gasteiger partial charge in [0.2, 0.25) is 0 Å². The van der Waals surface area contributed by atoms with Gasteiger partial charge in [-0.15, -0.1) is 0 Å². The Bertz CT molecular complexity index is 3410. The van der Waals surface area contributed by atoms with Gasteiger partial charge >= 0.3 is 0 Å². The summed E-state index contributed by atoms with van der Waals surface area (Å²) in [6, 6.07) is 72.6. The van der Waals surface area contributed by atoms with Crippen LogP contribution in [0.25, 0.3) is 109 Å². The highest BCUT2D eigenvalue weighted by Gasteiger charge is 2.38. The van der Waals surface area contributed by atoms with Gasteiger partial charge in [0.1, 0.15) is 0 Å². The minimum Gasteiger partial charge on any atom is -0.0776 e. The van der Waals surface area contributed by atoms with E-state index >= 15 is 0 Å². The van der Waals surface area contributed by atoms with Crippen LogP contribution in [0.3, 0.4) is 0 Å². The van der Waals surface area contributed by atoms with Gasteiger partial charge in [0.25, 0.3) is 0 Å². The summed E-state index contributed by atoms with van der Waals surface area (Å²) in [6.07, 6.45) is 0. The van der Waals surface area contributed by atoms with Crippen molar-refractivity contribution < 1.29 is 0 Å². The molecule has 1 aliphatic rings. The Hall–Kier alpha value is -7.02. The Labute approximate surface area is 339 Å². The summed E-state index contributed by atoms with van der Waals surface area (Å²) in [5.41, 5.74) is 13.1. The van der Waals surface area contributed by atoms with Crippen molar-refractivity contribution in [2.75, 3.05) is 0 Å². The van der Waals surface area contributed by atoms with Crippen molar-refractivity contribution in [3.05, 3.63) is 205 Å². The van der Waals surface area contributed by atoms with Crippen molar-refractivity contribution in [1.29, 1.82) is 0 Å². The molecule has 0 nitrogen and oxygen atoms in total. The lowest BCUT2D eigenvalue weighted by Gasteiger charge is -2.26. The lowest BCUT2D eigenvalue weighted by Crippen LogP contribution is -2.16. The molecule has 0 saturated heterocycles. The van der Waals surface area contributed by atoms with E-state index in [4.69, 9.17) is 0 Å². The van der Waals surface area contributed by atoms with Gasteiger partial charge in [-0.1, -0.05) is 209 Å². The van der Waals surface area contributed by atoms with E-state index in [0.717, 1.165) is 0 Å². The summed E-state index contributed by atoms with van der Waals surface area (Å²) in [5.74, 6) is 0. The molecule has 0 radical (unpaired) electrons. The van der Waals surface area contributed by atoms with Crippen molar-refractivity contribution in [1.82, 2.24) is 0 Å². The molecule has 11 aromatic rings. The SMILES string of the molecule is C.CC1(C)c2c(-c3ccc(-c4c5ccccc5c(-c5cc6ccc7ccccc7c6c6ccccc56)c5ccccc45)cc3)cccc2-c2ccc3ccccc3c21. The van der Waals surface area contributed by atoms with Crippen LogP contribution in [0.2, 0.25) is 0 Å². The van der Waals surface area contributed by atoms with E-state index in [1.807, 2.05) is 0 Å². The molecule has 0 amide bonds. The Morgan fingerprint density at radius 1 is 0.293 bits per heavy atom. The number of hydrogen-bond donors (Lipinski definition) is 0. The first-order valence-electron chi connectivity index (χ1n) is 20.1. The summed E-state index contributed by atoms with van der Waals surface area (Å²) < 4.78 is 0. The van der Waals surface area contributed by atoms with Gasteiger partial charge in [-0.2, -0.15) is 0 Å². The fourth-order valence-corrected chi connectivity index (χ4v) is 10.6. The van der Waals surface area contributed by atoms with Gasteiger partial charge in [-0.25, -0.2) is 0 Å². The number of rotatable bonds is 3. The van der Waals surface area contributed by atoms with Gasteiger partial charge in [0.15, 0.2) is 0 Å². The Balaban J connectivity index is 0.00000385. The molecule has 11 aromatic carbocycles.